The molecule has 0 aliphatic heterocycles. The van der Waals surface area contributed by atoms with Crippen LogP contribution >= 0.6 is 11.6 Å². The van der Waals surface area contributed by atoms with E-state index in [9.17, 15) is 4.79 Å². The van der Waals surface area contributed by atoms with E-state index in [2.05, 4.69) is 15.3 Å². The molecule has 0 amide bonds. The minimum absolute atomic E-state index is 0.0174. The number of carboxylic acids is 1. The molecule has 0 spiro atoms. The van der Waals surface area contributed by atoms with Crippen molar-refractivity contribution < 1.29 is 24.5 Å². The van der Waals surface area contributed by atoms with E-state index >= 15 is 0 Å². The fourth-order valence-corrected chi connectivity index (χ4v) is 3.45. The lowest BCUT2D eigenvalue weighted by atomic mass is 10.2. The van der Waals surface area contributed by atoms with Crippen molar-refractivity contribution in [2.75, 3.05) is 25.1 Å². The number of carbonyl (C=O) groups is 1. The fourth-order valence-electron chi connectivity index (χ4n) is 3.23. The minimum Gasteiger partial charge on any atom is -0.478 e. The Hall–Kier alpha value is -3.66. The van der Waals surface area contributed by atoms with Crippen LogP contribution < -0.4 is 10.1 Å². The van der Waals surface area contributed by atoms with Crippen molar-refractivity contribution in [1.82, 2.24) is 14.5 Å². The SMILES string of the molecule is O=C(O)c1ccc(Oc2ccc(Nc3ncnc4ccn(CCOCCO)c34)cc2Cl)cc1. The molecule has 0 saturated heterocycles. The average molecular weight is 469 g/mol. The van der Waals surface area contributed by atoms with Crippen LogP contribution in [-0.2, 0) is 11.3 Å². The molecule has 4 rings (SSSR count). The van der Waals surface area contributed by atoms with E-state index in [0.717, 1.165) is 11.0 Å². The predicted octanol–water partition coefficient (Wildman–Crippen LogP) is 4.33. The van der Waals surface area contributed by atoms with E-state index in [-0.39, 0.29) is 18.8 Å². The van der Waals surface area contributed by atoms with Gasteiger partial charge in [0.25, 0.3) is 0 Å². The Labute approximate surface area is 194 Å². The van der Waals surface area contributed by atoms with Crippen LogP contribution in [0.1, 0.15) is 10.4 Å². The number of aliphatic hydroxyl groups is 1. The molecule has 2 heterocycles. The summed E-state index contributed by atoms with van der Waals surface area (Å²) in [6, 6.07) is 13.2. The largest absolute Gasteiger partial charge is 0.478 e. The molecule has 33 heavy (non-hydrogen) atoms. The summed E-state index contributed by atoms with van der Waals surface area (Å²) >= 11 is 6.42. The van der Waals surface area contributed by atoms with Crippen LogP contribution in [-0.4, -0.2) is 50.5 Å². The van der Waals surface area contributed by atoms with Crippen molar-refractivity contribution in [3.63, 3.8) is 0 Å². The second kappa shape index (κ2) is 10.3. The van der Waals surface area contributed by atoms with E-state index in [4.69, 9.17) is 31.3 Å². The zero-order chi connectivity index (χ0) is 23.2. The lowest BCUT2D eigenvalue weighted by Crippen LogP contribution is -2.09. The quantitative estimate of drug-likeness (QED) is 0.294. The van der Waals surface area contributed by atoms with Crippen LogP contribution in [0, 0.1) is 0 Å². The van der Waals surface area contributed by atoms with Gasteiger partial charge in [0, 0.05) is 18.4 Å². The van der Waals surface area contributed by atoms with E-state index in [1.54, 1.807) is 30.3 Å². The molecule has 2 aromatic heterocycles. The summed E-state index contributed by atoms with van der Waals surface area (Å²) in [7, 11) is 0. The monoisotopic (exact) mass is 468 g/mol. The number of fused-ring (bicyclic) bond motifs is 1. The Balaban J connectivity index is 1.50. The second-order valence-corrected chi connectivity index (χ2v) is 7.41. The Morgan fingerprint density at radius 3 is 2.64 bits per heavy atom. The van der Waals surface area contributed by atoms with Crippen LogP contribution in [0.5, 0.6) is 11.5 Å². The van der Waals surface area contributed by atoms with Gasteiger partial charge in [0.15, 0.2) is 5.82 Å². The number of halogens is 1. The van der Waals surface area contributed by atoms with Crippen molar-refractivity contribution in [3.8, 4) is 11.5 Å². The normalized spacial score (nSPS) is 11.0. The van der Waals surface area contributed by atoms with Crippen LogP contribution in [0.4, 0.5) is 11.5 Å². The summed E-state index contributed by atoms with van der Waals surface area (Å²) in [6.45, 7) is 1.30. The Morgan fingerprint density at radius 2 is 1.91 bits per heavy atom. The van der Waals surface area contributed by atoms with Crippen LogP contribution in [0.15, 0.2) is 61.1 Å². The predicted molar refractivity (Wildman–Crippen MR) is 124 cm³/mol. The Bertz CT molecular complexity index is 1260. The maximum atomic E-state index is 11.0. The third-order valence-electron chi connectivity index (χ3n) is 4.79. The van der Waals surface area contributed by atoms with Crippen LogP contribution in [0.2, 0.25) is 5.02 Å². The van der Waals surface area contributed by atoms with Crippen molar-refractivity contribution in [2.45, 2.75) is 6.54 Å². The van der Waals surface area contributed by atoms with Crippen LogP contribution in [0.3, 0.4) is 0 Å². The van der Waals surface area contributed by atoms with Gasteiger partial charge >= 0.3 is 5.97 Å². The zero-order valence-corrected chi connectivity index (χ0v) is 18.2. The number of aromatic nitrogens is 3. The Morgan fingerprint density at radius 1 is 1.09 bits per heavy atom. The van der Waals surface area contributed by atoms with E-state index in [1.165, 1.54) is 18.5 Å². The highest BCUT2D eigenvalue weighted by Gasteiger charge is 2.12. The molecule has 0 atom stereocenters. The number of aliphatic hydroxyl groups excluding tert-OH is 1. The molecule has 0 radical (unpaired) electrons. The third-order valence-corrected chi connectivity index (χ3v) is 5.08. The second-order valence-electron chi connectivity index (χ2n) is 7.00. The summed E-state index contributed by atoms with van der Waals surface area (Å²) in [5, 5.41) is 21.5. The van der Waals surface area contributed by atoms with Crippen molar-refractivity contribution in [1.29, 1.82) is 0 Å². The van der Waals surface area contributed by atoms with Crippen LogP contribution in [0.25, 0.3) is 11.0 Å². The van der Waals surface area contributed by atoms with Gasteiger partial charge in [-0.1, -0.05) is 11.6 Å². The number of carboxylic acid groups (broad SMARTS) is 1. The maximum Gasteiger partial charge on any atom is 0.335 e. The third kappa shape index (κ3) is 5.40. The maximum absolute atomic E-state index is 11.0. The number of hydrogen-bond acceptors (Lipinski definition) is 7. The molecule has 0 aliphatic rings. The number of nitrogens with one attached hydrogen (secondary N) is 1. The number of anilines is 2. The summed E-state index contributed by atoms with van der Waals surface area (Å²) in [5.74, 6) is 0.516. The molecular formula is C23H21ClN4O5. The topological polar surface area (TPSA) is 119 Å². The molecule has 2 aromatic carbocycles. The highest BCUT2D eigenvalue weighted by Crippen LogP contribution is 2.33. The number of rotatable bonds is 10. The van der Waals surface area contributed by atoms with Gasteiger partial charge in [0.1, 0.15) is 23.3 Å². The molecule has 0 saturated carbocycles. The Kier molecular flexibility index (Phi) is 7.04. The average Bonchev–Trinajstić information content (AvgIpc) is 3.23. The number of benzene rings is 2. The molecule has 9 nitrogen and oxygen atoms in total. The molecule has 0 aliphatic carbocycles. The molecule has 3 N–H and O–H groups in total. The molecule has 10 heteroatoms. The molecular weight excluding hydrogens is 448 g/mol. The van der Waals surface area contributed by atoms with Gasteiger partial charge < -0.3 is 29.6 Å². The highest BCUT2D eigenvalue weighted by molar-refractivity contribution is 6.32. The van der Waals surface area contributed by atoms with Gasteiger partial charge in [-0.05, 0) is 48.5 Å². The van der Waals surface area contributed by atoms with E-state index in [0.29, 0.717) is 41.2 Å². The van der Waals surface area contributed by atoms with Gasteiger partial charge in [0.2, 0.25) is 0 Å². The van der Waals surface area contributed by atoms with E-state index in [1.807, 2.05) is 16.8 Å². The van der Waals surface area contributed by atoms with Gasteiger partial charge in [-0.15, -0.1) is 0 Å². The lowest BCUT2D eigenvalue weighted by molar-refractivity contribution is 0.0697. The standard InChI is InChI=1S/C23H21ClN4O5/c24-18-13-16(3-6-20(18)33-17-4-1-15(2-5-17)23(30)31)27-22-21-19(25-14-26-22)7-8-28(21)9-11-32-12-10-29/h1-8,13-14,29H,9-12H2,(H,30,31)(H,25,26,27). The summed E-state index contributed by atoms with van der Waals surface area (Å²) in [5.41, 5.74) is 2.48. The first kappa shape index (κ1) is 22.5. The van der Waals surface area contributed by atoms with Gasteiger partial charge in [-0.2, -0.15) is 0 Å². The molecule has 0 bridgehead atoms. The highest BCUT2D eigenvalue weighted by atomic mass is 35.5. The van der Waals surface area contributed by atoms with Crippen molar-refractivity contribution in [3.05, 3.63) is 71.6 Å². The molecule has 0 unspecified atom stereocenters. The zero-order valence-electron chi connectivity index (χ0n) is 17.4. The van der Waals surface area contributed by atoms with Gasteiger partial charge in [-0.25, -0.2) is 14.8 Å². The van der Waals surface area contributed by atoms with Crippen molar-refractivity contribution >= 4 is 40.1 Å². The number of hydrogen-bond donors (Lipinski definition) is 3. The molecule has 4 aromatic rings. The number of aromatic carboxylic acids is 1. The van der Waals surface area contributed by atoms with Gasteiger partial charge in [0.05, 0.1) is 35.9 Å². The molecule has 170 valence electrons. The first-order chi connectivity index (χ1) is 16.0. The minimum atomic E-state index is -1.00. The van der Waals surface area contributed by atoms with Gasteiger partial charge in [-0.3, -0.25) is 0 Å². The first-order valence-corrected chi connectivity index (χ1v) is 10.5. The van der Waals surface area contributed by atoms with E-state index < -0.39 is 5.97 Å². The summed E-state index contributed by atoms with van der Waals surface area (Å²) in [4.78, 5) is 19.7. The summed E-state index contributed by atoms with van der Waals surface area (Å²) in [6.07, 6.45) is 3.39. The lowest BCUT2D eigenvalue weighted by Gasteiger charge is -2.13. The molecule has 0 fully saturated rings. The number of ether oxygens (including phenoxy) is 2. The fraction of sp³-hybridized carbons (Fsp3) is 0.174. The summed E-state index contributed by atoms with van der Waals surface area (Å²) < 4.78 is 13.1. The smallest absolute Gasteiger partial charge is 0.335 e. The number of nitrogens with zero attached hydrogens (tertiary/aromatic N) is 3. The van der Waals surface area contributed by atoms with Crippen molar-refractivity contribution in [2.24, 2.45) is 0 Å². The first-order valence-electron chi connectivity index (χ1n) is 10.1.